The minimum absolute atomic E-state index is 0.228. The number of methoxy groups -OCH3 is 1. The van der Waals surface area contributed by atoms with E-state index in [4.69, 9.17) is 16.2 Å². The Balaban J connectivity index is 1.76. The lowest BCUT2D eigenvalue weighted by Crippen LogP contribution is -2.18. The van der Waals surface area contributed by atoms with Crippen LogP contribution in [0.4, 0.5) is 11.4 Å². The van der Waals surface area contributed by atoms with Crippen LogP contribution in [0.2, 0.25) is 0 Å². The van der Waals surface area contributed by atoms with Crippen molar-refractivity contribution < 1.29 is 14.3 Å². The first-order chi connectivity index (χ1) is 13.5. The number of ether oxygens (including phenoxy) is 1. The molecule has 0 aliphatic carbocycles. The van der Waals surface area contributed by atoms with E-state index in [0.717, 1.165) is 10.9 Å². The standard InChI is InChI=1S/C20H16N4O3S/c1-27-11-6-7-14-10(8-11)9-13-16(21)17(28-20(13)24-14)19(26)23-15-5-3-2-4-12(15)18(22)25/h2-9H,21H2,1H3,(H2,22,25)(H,23,26). The van der Waals surface area contributed by atoms with Gasteiger partial charge in [-0.05, 0) is 36.4 Å². The average molecular weight is 392 g/mol. The lowest BCUT2D eigenvalue weighted by molar-refractivity contribution is 0.100. The number of carbonyl (C=O) groups excluding carboxylic acids is 2. The minimum Gasteiger partial charge on any atom is -0.497 e. The molecule has 0 bridgehead atoms. The number of aromatic nitrogens is 1. The Morgan fingerprint density at radius 1 is 1.14 bits per heavy atom. The number of hydrogen-bond donors (Lipinski definition) is 3. The molecule has 7 nitrogen and oxygen atoms in total. The van der Waals surface area contributed by atoms with Gasteiger partial charge in [-0.15, -0.1) is 11.3 Å². The van der Waals surface area contributed by atoms with Crippen molar-refractivity contribution in [3.8, 4) is 5.75 Å². The van der Waals surface area contributed by atoms with Crippen molar-refractivity contribution in [2.75, 3.05) is 18.2 Å². The summed E-state index contributed by atoms with van der Waals surface area (Å²) in [5.74, 6) is -0.332. The van der Waals surface area contributed by atoms with Crippen molar-refractivity contribution in [2.24, 2.45) is 5.73 Å². The highest BCUT2D eigenvalue weighted by Crippen LogP contribution is 2.35. The number of thiophene rings is 1. The van der Waals surface area contributed by atoms with Gasteiger partial charge >= 0.3 is 0 Å². The second-order valence-corrected chi connectivity index (χ2v) is 7.11. The van der Waals surface area contributed by atoms with Gasteiger partial charge in [0, 0.05) is 10.8 Å². The molecule has 5 N–H and O–H groups in total. The molecule has 28 heavy (non-hydrogen) atoms. The van der Waals surface area contributed by atoms with E-state index in [-0.39, 0.29) is 5.56 Å². The summed E-state index contributed by atoms with van der Waals surface area (Å²) < 4.78 is 5.25. The predicted octanol–water partition coefficient (Wildman–Crippen LogP) is 3.39. The number of nitrogens with two attached hydrogens (primary N) is 2. The second-order valence-electron chi connectivity index (χ2n) is 6.11. The average Bonchev–Trinajstić information content (AvgIpc) is 3.02. The number of hydrogen-bond acceptors (Lipinski definition) is 6. The van der Waals surface area contributed by atoms with E-state index in [1.807, 2.05) is 24.3 Å². The second kappa shape index (κ2) is 6.82. The molecule has 140 valence electrons. The highest BCUT2D eigenvalue weighted by atomic mass is 32.1. The summed E-state index contributed by atoms with van der Waals surface area (Å²) in [5, 5.41) is 4.27. The highest BCUT2D eigenvalue weighted by Gasteiger charge is 2.19. The van der Waals surface area contributed by atoms with Crippen LogP contribution >= 0.6 is 11.3 Å². The molecule has 0 spiro atoms. The van der Waals surface area contributed by atoms with Gasteiger partial charge in [0.15, 0.2) is 0 Å². The van der Waals surface area contributed by atoms with Crippen LogP contribution in [0.15, 0.2) is 48.5 Å². The largest absolute Gasteiger partial charge is 0.497 e. The molecule has 0 saturated carbocycles. The summed E-state index contributed by atoms with van der Waals surface area (Å²) >= 11 is 1.19. The van der Waals surface area contributed by atoms with Crippen molar-refractivity contribution in [1.29, 1.82) is 0 Å². The molecule has 0 unspecified atom stereocenters. The van der Waals surface area contributed by atoms with Gasteiger partial charge in [0.2, 0.25) is 0 Å². The summed E-state index contributed by atoms with van der Waals surface area (Å²) in [5.41, 5.74) is 13.3. The van der Waals surface area contributed by atoms with Gasteiger partial charge in [-0.25, -0.2) is 4.98 Å². The monoisotopic (exact) mass is 392 g/mol. The Kier molecular flexibility index (Phi) is 4.32. The molecule has 4 aromatic rings. The van der Waals surface area contributed by atoms with Crippen LogP contribution in [0.5, 0.6) is 5.75 Å². The van der Waals surface area contributed by atoms with Gasteiger partial charge in [-0.2, -0.15) is 0 Å². The van der Waals surface area contributed by atoms with Gasteiger partial charge in [-0.1, -0.05) is 12.1 Å². The quantitative estimate of drug-likeness (QED) is 0.492. The molecule has 2 aromatic carbocycles. The zero-order valence-electron chi connectivity index (χ0n) is 14.9. The van der Waals surface area contributed by atoms with Crippen LogP contribution in [0.1, 0.15) is 20.0 Å². The highest BCUT2D eigenvalue weighted by molar-refractivity contribution is 7.21. The third kappa shape index (κ3) is 2.99. The van der Waals surface area contributed by atoms with Gasteiger partial charge in [-0.3, -0.25) is 9.59 Å². The number of benzene rings is 2. The molecule has 0 fully saturated rings. The Labute approximate surface area is 163 Å². The lowest BCUT2D eigenvalue weighted by atomic mass is 10.1. The molecular formula is C20H16N4O3S. The number of pyridine rings is 1. The van der Waals surface area contributed by atoms with Crippen LogP contribution in [-0.2, 0) is 0 Å². The van der Waals surface area contributed by atoms with E-state index in [1.54, 1.807) is 31.4 Å². The Hall–Kier alpha value is -3.65. The molecular weight excluding hydrogens is 376 g/mol. The van der Waals surface area contributed by atoms with E-state index in [2.05, 4.69) is 10.3 Å². The first-order valence-corrected chi connectivity index (χ1v) is 9.16. The number of amides is 2. The Bertz CT molecular complexity index is 1250. The van der Waals surface area contributed by atoms with E-state index in [9.17, 15) is 9.59 Å². The SMILES string of the molecule is COc1ccc2nc3sc(C(=O)Nc4ccccc4C(N)=O)c(N)c3cc2c1. The number of carbonyl (C=O) groups is 2. The number of nitrogens with one attached hydrogen (secondary N) is 1. The van der Waals surface area contributed by atoms with E-state index in [0.29, 0.717) is 32.2 Å². The molecule has 0 atom stereocenters. The Morgan fingerprint density at radius 3 is 2.68 bits per heavy atom. The number of anilines is 2. The van der Waals surface area contributed by atoms with Crippen LogP contribution < -0.4 is 21.5 Å². The predicted molar refractivity (Wildman–Crippen MR) is 111 cm³/mol. The molecule has 2 amide bonds. The number of primary amides is 1. The number of fused-ring (bicyclic) bond motifs is 2. The maximum Gasteiger partial charge on any atom is 0.267 e. The molecule has 0 aliphatic heterocycles. The van der Waals surface area contributed by atoms with Crippen LogP contribution in [-0.4, -0.2) is 23.9 Å². The van der Waals surface area contributed by atoms with Crippen LogP contribution in [0.3, 0.4) is 0 Å². The summed E-state index contributed by atoms with van der Waals surface area (Å²) in [6.07, 6.45) is 0. The molecule has 2 aromatic heterocycles. The topological polar surface area (TPSA) is 120 Å². The van der Waals surface area contributed by atoms with Crippen molar-refractivity contribution in [1.82, 2.24) is 4.98 Å². The number of nitrogens with zero attached hydrogens (tertiary/aromatic N) is 1. The van der Waals surface area contributed by atoms with Crippen LogP contribution in [0, 0.1) is 0 Å². The molecule has 0 radical (unpaired) electrons. The van der Waals surface area contributed by atoms with Crippen molar-refractivity contribution in [3.63, 3.8) is 0 Å². The first kappa shape index (κ1) is 17.7. The maximum absolute atomic E-state index is 12.8. The fourth-order valence-corrected chi connectivity index (χ4v) is 3.94. The van der Waals surface area contributed by atoms with Gasteiger partial charge in [0.25, 0.3) is 11.8 Å². The van der Waals surface area contributed by atoms with Gasteiger partial charge in [0.05, 0.1) is 29.6 Å². The van der Waals surface area contributed by atoms with E-state index >= 15 is 0 Å². The summed E-state index contributed by atoms with van der Waals surface area (Å²) in [4.78, 5) is 29.9. The first-order valence-electron chi connectivity index (χ1n) is 8.35. The number of rotatable bonds is 4. The number of nitrogen functional groups attached to an aromatic ring is 1. The summed E-state index contributed by atoms with van der Waals surface area (Å²) in [6.45, 7) is 0. The summed E-state index contributed by atoms with van der Waals surface area (Å²) in [7, 11) is 1.60. The zero-order valence-corrected chi connectivity index (χ0v) is 15.7. The Morgan fingerprint density at radius 2 is 1.93 bits per heavy atom. The smallest absolute Gasteiger partial charge is 0.267 e. The van der Waals surface area contributed by atoms with Crippen molar-refractivity contribution >= 4 is 55.6 Å². The fraction of sp³-hybridized carbons (Fsp3) is 0.0500. The molecule has 0 aliphatic rings. The molecule has 4 rings (SSSR count). The fourth-order valence-electron chi connectivity index (χ4n) is 2.96. The molecule has 0 saturated heterocycles. The van der Waals surface area contributed by atoms with Crippen molar-refractivity contribution in [3.05, 3.63) is 59.0 Å². The van der Waals surface area contributed by atoms with E-state index < -0.39 is 11.8 Å². The van der Waals surface area contributed by atoms with Crippen molar-refractivity contribution in [2.45, 2.75) is 0 Å². The van der Waals surface area contributed by atoms with Gasteiger partial charge < -0.3 is 21.5 Å². The lowest BCUT2D eigenvalue weighted by Gasteiger charge is -2.08. The third-order valence-electron chi connectivity index (χ3n) is 4.37. The zero-order chi connectivity index (χ0) is 19.8. The summed E-state index contributed by atoms with van der Waals surface area (Å²) in [6, 6.07) is 14.0. The molecule has 8 heteroatoms. The minimum atomic E-state index is -0.623. The van der Waals surface area contributed by atoms with E-state index in [1.165, 1.54) is 11.3 Å². The van der Waals surface area contributed by atoms with Gasteiger partial charge in [0.1, 0.15) is 15.5 Å². The number of para-hydroxylation sites is 1. The normalized spacial score (nSPS) is 10.9. The molecule has 2 heterocycles. The third-order valence-corrected chi connectivity index (χ3v) is 5.48. The maximum atomic E-state index is 12.8. The van der Waals surface area contributed by atoms with Crippen LogP contribution in [0.25, 0.3) is 21.1 Å².